The first-order valence-electron chi connectivity index (χ1n) is 3.27. The maximum absolute atomic E-state index is 13.4. The van der Waals surface area contributed by atoms with Crippen molar-refractivity contribution in [1.29, 1.82) is 0 Å². The third kappa shape index (κ3) is 1.83. The lowest BCUT2D eigenvalue weighted by atomic mass is 9.96. The highest BCUT2D eigenvalue weighted by Crippen LogP contribution is 2.49. The number of hydrogen-bond acceptors (Lipinski definition) is 0. The van der Waals surface area contributed by atoms with Crippen molar-refractivity contribution in [2.45, 2.75) is 16.9 Å². The molecule has 1 atom stereocenters. The molecule has 1 aliphatic rings. The highest BCUT2D eigenvalue weighted by molar-refractivity contribution is 9.12. The van der Waals surface area contributed by atoms with E-state index < -0.39 is 22.7 Å². The van der Waals surface area contributed by atoms with E-state index in [-0.39, 0.29) is 4.48 Å². The van der Waals surface area contributed by atoms with Gasteiger partial charge in [-0.05, 0) is 37.9 Å². The fourth-order valence-corrected chi connectivity index (χ4v) is 1.75. The van der Waals surface area contributed by atoms with Crippen molar-refractivity contribution in [2.75, 3.05) is 0 Å². The summed E-state index contributed by atoms with van der Waals surface area (Å²) < 4.78 is 51.4. The molecule has 0 aromatic carbocycles. The topological polar surface area (TPSA) is 0 Å². The number of hydrogen-bond donors (Lipinski definition) is 0. The van der Waals surface area contributed by atoms with Gasteiger partial charge in [0.05, 0.1) is 4.48 Å². The highest BCUT2D eigenvalue weighted by atomic mass is 79.9. The van der Waals surface area contributed by atoms with Gasteiger partial charge in [-0.3, -0.25) is 0 Å². The lowest BCUT2D eigenvalue weighted by Gasteiger charge is -2.29. The van der Waals surface area contributed by atoms with Crippen molar-refractivity contribution in [3.8, 4) is 0 Å². The summed E-state index contributed by atoms with van der Waals surface area (Å²) in [5.74, 6) is -1.49. The van der Waals surface area contributed by atoms with Gasteiger partial charge in [-0.1, -0.05) is 6.08 Å². The minimum Gasteiger partial charge on any atom is -0.228 e. The van der Waals surface area contributed by atoms with Crippen LogP contribution >= 0.6 is 31.9 Å². The van der Waals surface area contributed by atoms with Gasteiger partial charge in [-0.15, -0.1) is 0 Å². The molecule has 0 spiro atoms. The number of halogens is 6. The Kier molecular flexibility index (Phi) is 2.92. The Balaban J connectivity index is 3.15. The summed E-state index contributed by atoms with van der Waals surface area (Å²) in [6.45, 7) is 0. The molecule has 0 saturated heterocycles. The molecule has 0 saturated carbocycles. The van der Waals surface area contributed by atoms with Crippen LogP contribution in [-0.2, 0) is 0 Å². The average Bonchev–Trinajstić information content (AvgIpc) is 1.98. The van der Waals surface area contributed by atoms with Crippen molar-refractivity contribution in [3.05, 3.63) is 22.5 Å². The van der Waals surface area contributed by atoms with Crippen LogP contribution in [0.5, 0.6) is 0 Å². The second kappa shape index (κ2) is 3.38. The number of rotatable bonds is 1. The van der Waals surface area contributed by atoms with Crippen molar-refractivity contribution >= 4 is 31.9 Å². The maximum atomic E-state index is 13.4. The van der Waals surface area contributed by atoms with Crippen LogP contribution in [0.4, 0.5) is 17.6 Å². The molecule has 0 bridgehead atoms. The molecule has 0 nitrogen and oxygen atoms in total. The smallest absolute Gasteiger partial charge is 0.228 e. The van der Waals surface area contributed by atoms with Crippen molar-refractivity contribution in [3.63, 3.8) is 0 Å². The predicted octanol–water partition coefficient (Wildman–Crippen LogP) is 4.22. The van der Waals surface area contributed by atoms with Gasteiger partial charge < -0.3 is 0 Å². The first-order valence-corrected chi connectivity index (χ1v) is 4.85. The van der Waals surface area contributed by atoms with E-state index in [1.54, 1.807) is 0 Å². The third-order valence-corrected chi connectivity index (χ3v) is 2.91. The van der Waals surface area contributed by atoms with Gasteiger partial charge in [0.1, 0.15) is 0 Å². The molecule has 1 aliphatic carbocycles. The summed E-state index contributed by atoms with van der Waals surface area (Å²) in [6, 6.07) is 0. The van der Waals surface area contributed by atoms with E-state index in [1.807, 2.05) is 15.9 Å². The average molecular weight is 324 g/mol. The number of alkyl halides is 4. The second-order valence-electron chi connectivity index (χ2n) is 2.57. The van der Waals surface area contributed by atoms with Crippen LogP contribution in [0.15, 0.2) is 22.5 Å². The molecule has 0 N–H and O–H groups in total. The van der Waals surface area contributed by atoms with Crippen molar-refractivity contribution in [1.82, 2.24) is 0 Å². The van der Waals surface area contributed by atoms with Gasteiger partial charge in [0.25, 0.3) is 0 Å². The molecule has 0 aromatic heterocycles. The Labute approximate surface area is 88.9 Å². The normalized spacial score (nSPS) is 29.7. The van der Waals surface area contributed by atoms with E-state index in [0.717, 1.165) is 6.08 Å². The van der Waals surface area contributed by atoms with Crippen molar-refractivity contribution < 1.29 is 17.6 Å². The molecular formula is C7H4Br2F4. The Morgan fingerprint density at radius 2 is 2.00 bits per heavy atom. The third-order valence-electron chi connectivity index (χ3n) is 1.67. The Hall–Kier alpha value is 0.160. The monoisotopic (exact) mass is 322 g/mol. The Morgan fingerprint density at radius 3 is 2.38 bits per heavy atom. The van der Waals surface area contributed by atoms with Crippen LogP contribution in [0.25, 0.3) is 0 Å². The summed E-state index contributed by atoms with van der Waals surface area (Å²) in [5, 5.41) is 0. The summed E-state index contributed by atoms with van der Waals surface area (Å²) in [7, 11) is 0. The molecule has 1 rings (SSSR count). The van der Waals surface area contributed by atoms with Crippen LogP contribution in [0.1, 0.15) is 6.42 Å². The minimum atomic E-state index is -3.91. The molecule has 0 aliphatic heterocycles. The van der Waals surface area contributed by atoms with E-state index >= 15 is 0 Å². The molecule has 6 heteroatoms. The molecule has 0 amide bonds. The molecular weight excluding hydrogens is 320 g/mol. The Bertz CT molecular complexity index is 279. The summed E-state index contributed by atoms with van der Waals surface area (Å²) in [4.78, 5) is -3.91. The van der Waals surface area contributed by atoms with E-state index in [4.69, 9.17) is 0 Å². The molecule has 74 valence electrons. The lowest BCUT2D eigenvalue weighted by Crippen LogP contribution is -2.41. The zero-order valence-electron chi connectivity index (χ0n) is 6.13. The van der Waals surface area contributed by atoms with Gasteiger partial charge in [-0.25, -0.2) is 8.78 Å². The number of allylic oxidation sites excluding steroid dienone is 4. The van der Waals surface area contributed by atoms with Gasteiger partial charge in [-0.2, -0.15) is 8.78 Å². The zero-order chi connectivity index (χ0) is 10.3. The molecule has 13 heavy (non-hydrogen) atoms. The predicted molar refractivity (Wildman–Crippen MR) is 48.5 cm³/mol. The van der Waals surface area contributed by atoms with Gasteiger partial charge >= 0.3 is 4.83 Å². The van der Waals surface area contributed by atoms with Crippen LogP contribution < -0.4 is 0 Å². The Morgan fingerprint density at radius 1 is 1.46 bits per heavy atom. The summed E-state index contributed by atoms with van der Waals surface area (Å²) in [5.41, 5.74) is -3.29. The second-order valence-corrected chi connectivity index (χ2v) is 4.42. The van der Waals surface area contributed by atoms with Gasteiger partial charge in [0, 0.05) is 6.42 Å². The first kappa shape index (κ1) is 11.2. The van der Waals surface area contributed by atoms with Gasteiger partial charge in [0.2, 0.25) is 5.67 Å². The van der Waals surface area contributed by atoms with E-state index in [9.17, 15) is 17.6 Å². The first-order chi connectivity index (χ1) is 5.79. The van der Waals surface area contributed by atoms with Crippen LogP contribution in [0.2, 0.25) is 0 Å². The summed E-state index contributed by atoms with van der Waals surface area (Å²) >= 11 is 4.47. The highest BCUT2D eigenvalue weighted by Gasteiger charge is 2.57. The van der Waals surface area contributed by atoms with Crippen LogP contribution in [0, 0.1) is 0 Å². The quantitative estimate of drug-likeness (QED) is 0.500. The van der Waals surface area contributed by atoms with E-state index in [2.05, 4.69) is 15.9 Å². The molecule has 1 unspecified atom stereocenters. The van der Waals surface area contributed by atoms with Crippen LogP contribution in [-0.4, -0.2) is 10.5 Å². The maximum Gasteiger partial charge on any atom is 0.341 e. The fraction of sp³-hybridized carbons (Fsp3) is 0.429. The van der Waals surface area contributed by atoms with Gasteiger partial charge in [0.15, 0.2) is 5.83 Å². The molecule has 0 heterocycles. The lowest BCUT2D eigenvalue weighted by molar-refractivity contribution is -0.0458. The molecule has 0 radical (unpaired) electrons. The van der Waals surface area contributed by atoms with Crippen molar-refractivity contribution in [2.24, 2.45) is 0 Å². The largest absolute Gasteiger partial charge is 0.341 e. The standard InChI is InChI=1S/C7H4Br2F4/c8-4-2-1-3-6(11,5(4)10)7(9,12)13/h1-2H,3H2. The SMILES string of the molecule is FC1=C(Br)C=CCC1(F)C(F)(F)Br. The minimum absolute atomic E-state index is 0.291. The molecule has 0 fully saturated rings. The zero-order valence-corrected chi connectivity index (χ0v) is 9.30. The summed E-state index contributed by atoms with van der Waals surface area (Å²) in [6.07, 6.45) is 1.65. The van der Waals surface area contributed by atoms with E-state index in [0.29, 0.717) is 0 Å². The van der Waals surface area contributed by atoms with Crippen LogP contribution in [0.3, 0.4) is 0 Å². The molecule has 0 aromatic rings. The van der Waals surface area contributed by atoms with E-state index in [1.165, 1.54) is 6.08 Å². The fourth-order valence-electron chi connectivity index (χ4n) is 0.917.